The Morgan fingerprint density at radius 2 is 1.86 bits per heavy atom. The van der Waals surface area contributed by atoms with Gasteiger partial charge in [0.1, 0.15) is 0 Å². The molecule has 1 heterocycles. The lowest BCUT2D eigenvalue weighted by Gasteiger charge is -2.19. The van der Waals surface area contributed by atoms with Gasteiger partial charge in [-0.05, 0) is 13.8 Å². The number of nitrogens with zero attached hydrogens (tertiary/aromatic N) is 4. The first kappa shape index (κ1) is 18.5. The molecule has 2 aromatic rings. The van der Waals surface area contributed by atoms with Crippen LogP contribution in [0.15, 0.2) is 41.5 Å². The second kappa shape index (κ2) is 8.77. The first-order valence-corrected chi connectivity index (χ1v) is 7.28. The van der Waals surface area contributed by atoms with Crippen molar-refractivity contribution in [2.75, 3.05) is 13.1 Å². The summed E-state index contributed by atoms with van der Waals surface area (Å²) in [5.74, 6) is 0.586. The van der Waals surface area contributed by atoms with Crippen molar-refractivity contribution >= 4 is 29.9 Å². The first-order valence-electron chi connectivity index (χ1n) is 7.28. The molecule has 0 atom stereocenters. The van der Waals surface area contributed by atoms with Crippen molar-refractivity contribution in [1.29, 1.82) is 0 Å². The Bertz CT molecular complexity index is 602. The van der Waals surface area contributed by atoms with Gasteiger partial charge in [-0.1, -0.05) is 30.3 Å². The quantitative estimate of drug-likeness (QED) is 0.466. The molecule has 22 heavy (non-hydrogen) atoms. The van der Waals surface area contributed by atoms with Crippen LogP contribution in [-0.4, -0.2) is 33.7 Å². The van der Waals surface area contributed by atoms with Gasteiger partial charge in [-0.15, -0.1) is 24.0 Å². The Labute approximate surface area is 149 Å². The van der Waals surface area contributed by atoms with Gasteiger partial charge in [0.15, 0.2) is 5.96 Å². The van der Waals surface area contributed by atoms with Gasteiger partial charge in [-0.25, -0.2) is 4.99 Å². The van der Waals surface area contributed by atoms with E-state index < -0.39 is 0 Å². The highest BCUT2D eigenvalue weighted by molar-refractivity contribution is 14.0. The van der Waals surface area contributed by atoms with Crippen LogP contribution < -0.4 is 5.73 Å². The fraction of sp³-hybridized carbons (Fsp3) is 0.375. The van der Waals surface area contributed by atoms with E-state index >= 15 is 0 Å². The van der Waals surface area contributed by atoms with Gasteiger partial charge in [0.05, 0.1) is 12.2 Å². The summed E-state index contributed by atoms with van der Waals surface area (Å²) in [5, 5.41) is 4.54. The molecule has 2 rings (SSSR count). The summed E-state index contributed by atoms with van der Waals surface area (Å²) in [6, 6.07) is 10.2. The summed E-state index contributed by atoms with van der Waals surface area (Å²) < 4.78 is 1.82. The van der Waals surface area contributed by atoms with Crippen molar-refractivity contribution in [3.63, 3.8) is 0 Å². The molecule has 0 aliphatic carbocycles. The molecule has 0 saturated heterocycles. The monoisotopic (exact) mass is 413 g/mol. The van der Waals surface area contributed by atoms with E-state index in [1.165, 1.54) is 0 Å². The molecule has 6 heteroatoms. The van der Waals surface area contributed by atoms with Crippen LogP contribution in [0.25, 0.3) is 11.3 Å². The summed E-state index contributed by atoms with van der Waals surface area (Å²) >= 11 is 0. The highest BCUT2D eigenvalue weighted by atomic mass is 127. The average molecular weight is 413 g/mol. The number of guanidine groups is 1. The molecule has 1 aromatic carbocycles. The molecular weight excluding hydrogens is 389 g/mol. The van der Waals surface area contributed by atoms with Crippen LogP contribution >= 0.6 is 24.0 Å². The topological polar surface area (TPSA) is 59.4 Å². The second-order valence-electron chi connectivity index (χ2n) is 4.89. The third-order valence-electron chi connectivity index (χ3n) is 3.45. The molecule has 1 aromatic heterocycles. The largest absolute Gasteiger partial charge is 0.370 e. The highest BCUT2D eigenvalue weighted by Gasteiger charge is 2.10. The molecule has 0 radical (unpaired) electrons. The second-order valence-corrected chi connectivity index (χ2v) is 4.89. The molecule has 0 saturated carbocycles. The molecule has 0 unspecified atom stereocenters. The van der Waals surface area contributed by atoms with E-state index in [0.29, 0.717) is 12.5 Å². The first-order chi connectivity index (χ1) is 10.2. The zero-order valence-corrected chi connectivity index (χ0v) is 15.7. The number of aryl methyl sites for hydroxylation is 1. The lowest BCUT2D eigenvalue weighted by atomic mass is 10.1. The van der Waals surface area contributed by atoms with Crippen LogP contribution in [0.3, 0.4) is 0 Å². The minimum Gasteiger partial charge on any atom is -0.370 e. The Hall–Kier alpha value is -1.57. The summed E-state index contributed by atoms with van der Waals surface area (Å²) in [6.07, 6.45) is 2.00. The third kappa shape index (κ3) is 4.46. The van der Waals surface area contributed by atoms with E-state index in [0.717, 1.165) is 29.9 Å². The summed E-state index contributed by atoms with van der Waals surface area (Å²) in [4.78, 5) is 6.54. The maximum atomic E-state index is 6.03. The normalized spacial score (nSPS) is 11.1. The predicted octanol–water partition coefficient (Wildman–Crippen LogP) is 2.86. The van der Waals surface area contributed by atoms with E-state index in [1.807, 2.05) is 41.0 Å². The molecule has 0 aliphatic heterocycles. The summed E-state index contributed by atoms with van der Waals surface area (Å²) in [5.41, 5.74) is 9.18. The van der Waals surface area contributed by atoms with Gasteiger partial charge in [0, 0.05) is 37.5 Å². The van der Waals surface area contributed by atoms with E-state index in [4.69, 9.17) is 5.73 Å². The van der Waals surface area contributed by atoms with Gasteiger partial charge < -0.3 is 10.6 Å². The molecule has 0 spiro atoms. The summed E-state index contributed by atoms with van der Waals surface area (Å²) in [6.45, 7) is 6.42. The van der Waals surface area contributed by atoms with Gasteiger partial charge in [-0.3, -0.25) is 4.68 Å². The van der Waals surface area contributed by atoms with Crippen LogP contribution in [0.5, 0.6) is 0 Å². The van der Waals surface area contributed by atoms with Crippen LogP contribution in [0.4, 0.5) is 0 Å². The van der Waals surface area contributed by atoms with E-state index in [2.05, 4.69) is 36.1 Å². The Kier molecular flexibility index (Phi) is 7.37. The smallest absolute Gasteiger partial charge is 0.191 e. The van der Waals surface area contributed by atoms with Crippen molar-refractivity contribution in [2.45, 2.75) is 20.4 Å². The van der Waals surface area contributed by atoms with Crippen LogP contribution in [0.2, 0.25) is 0 Å². The van der Waals surface area contributed by atoms with Crippen LogP contribution in [0.1, 0.15) is 19.4 Å². The molecule has 0 bridgehead atoms. The van der Waals surface area contributed by atoms with Crippen molar-refractivity contribution in [3.05, 3.63) is 42.1 Å². The minimum atomic E-state index is 0. The molecule has 0 aliphatic rings. The number of hydrogen-bond donors (Lipinski definition) is 1. The van der Waals surface area contributed by atoms with E-state index in [9.17, 15) is 0 Å². The highest BCUT2D eigenvalue weighted by Crippen LogP contribution is 2.22. The van der Waals surface area contributed by atoms with Gasteiger partial charge in [0.2, 0.25) is 0 Å². The molecule has 2 N–H and O–H groups in total. The molecule has 0 fully saturated rings. The zero-order valence-electron chi connectivity index (χ0n) is 13.4. The zero-order chi connectivity index (χ0) is 15.2. The van der Waals surface area contributed by atoms with Crippen LogP contribution in [0, 0.1) is 0 Å². The maximum Gasteiger partial charge on any atom is 0.191 e. The van der Waals surface area contributed by atoms with E-state index in [1.54, 1.807) is 0 Å². The number of rotatable bonds is 5. The number of aliphatic imine (C=N–C) groups is 1. The summed E-state index contributed by atoms with van der Waals surface area (Å²) in [7, 11) is 1.92. The average Bonchev–Trinajstić information content (AvgIpc) is 2.88. The molecule has 5 nitrogen and oxygen atoms in total. The fourth-order valence-electron chi connectivity index (χ4n) is 2.31. The number of hydrogen-bond acceptors (Lipinski definition) is 2. The maximum absolute atomic E-state index is 6.03. The minimum absolute atomic E-state index is 0. The molecule has 120 valence electrons. The van der Waals surface area contributed by atoms with Gasteiger partial charge >= 0.3 is 0 Å². The van der Waals surface area contributed by atoms with Gasteiger partial charge in [0.25, 0.3) is 0 Å². The van der Waals surface area contributed by atoms with Crippen molar-refractivity contribution in [3.8, 4) is 11.3 Å². The number of halogens is 1. The Morgan fingerprint density at radius 1 is 1.23 bits per heavy atom. The third-order valence-corrected chi connectivity index (χ3v) is 3.45. The van der Waals surface area contributed by atoms with Crippen molar-refractivity contribution in [1.82, 2.24) is 14.7 Å². The Balaban J connectivity index is 0.00000242. The van der Waals surface area contributed by atoms with Crippen molar-refractivity contribution in [2.24, 2.45) is 17.8 Å². The number of aromatic nitrogens is 2. The van der Waals surface area contributed by atoms with Gasteiger partial charge in [-0.2, -0.15) is 5.10 Å². The van der Waals surface area contributed by atoms with Crippen molar-refractivity contribution < 1.29 is 0 Å². The predicted molar refractivity (Wildman–Crippen MR) is 102 cm³/mol. The fourth-order valence-corrected chi connectivity index (χ4v) is 2.31. The van der Waals surface area contributed by atoms with E-state index in [-0.39, 0.29) is 24.0 Å². The lowest BCUT2D eigenvalue weighted by Crippen LogP contribution is -2.37. The van der Waals surface area contributed by atoms with Crippen LogP contribution in [-0.2, 0) is 13.6 Å². The molecule has 0 amide bonds. The lowest BCUT2D eigenvalue weighted by molar-refractivity contribution is 0.458. The standard InChI is InChI=1S/C16H23N5.HI/c1-4-21(5-2)16(17)18-11-14-12-20(3)19-15(14)13-9-7-6-8-10-13;/h6-10,12H,4-5,11H2,1-3H3,(H2,17,18);1H. The molecular formula is C16H24IN5. The Morgan fingerprint density at radius 3 is 2.45 bits per heavy atom. The number of benzene rings is 1. The SMILES string of the molecule is CCN(CC)C(N)=NCc1cn(C)nc1-c1ccccc1.I. The number of nitrogens with two attached hydrogens (primary N) is 1.